The number of fused-ring (bicyclic) bond motifs is 1. The molecule has 1 unspecified atom stereocenters. The van der Waals surface area contributed by atoms with Gasteiger partial charge in [-0.25, -0.2) is 36.9 Å². The van der Waals surface area contributed by atoms with Gasteiger partial charge in [0.25, 0.3) is 0 Å². The van der Waals surface area contributed by atoms with Gasteiger partial charge in [0.1, 0.15) is 18.2 Å². The summed E-state index contributed by atoms with van der Waals surface area (Å²) in [5, 5.41) is -0.785. The molecule has 2 aromatic heterocycles. The number of ether oxygens (including phenoxy) is 2. The number of hydrogen-bond acceptors (Lipinski definition) is 8. The van der Waals surface area contributed by atoms with Crippen LogP contribution in [0.4, 0.5) is 27.8 Å². The van der Waals surface area contributed by atoms with Gasteiger partial charge in [0, 0.05) is 24.8 Å². The smallest absolute Gasteiger partial charge is 0.353 e. The molecule has 2 atom stereocenters. The molecular formula is C31H43F5N5O5PSi. The average molecular weight is 720 g/mol. The molecule has 3 aromatic rings. The first-order valence-electron chi connectivity index (χ1n) is 15.8. The Kier molecular flexibility index (Phi) is 15.4. The second-order valence-electron chi connectivity index (χ2n) is 12.0. The minimum absolute atomic E-state index is 0.0645. The molecule has 10 nitrogen and oxygen atoms in total. The van der Waals surface area contributed by atoms with Crippen LogP contribution in [0, 0.1) is 40.6 Å². The quantitative estimate of drug-likeness (QED) is 0.0261. The SMILES string of the molecule is C[C@H](Cn1cnc2c(N)ncnc21)OCP(=O)(O)OCCCOCCCCCCCCCC#C[Si](C)(C)c1c(F)c(F)c(F)c(F)c1F. The Balaban J connectivity index is 1.17. The maximum atomic E-state index is 14.2. The fourth-order valence-electron chi connectivity index (χ4n) is 4.89. The van der Waals surface area contributed by atoms with E-state index in [1.54, 1.807) is 17.8 Å². The van der Waals surface area contributed by atoms with E-state index in [1.807, 2.05) is 0 Å². The zero-order valence-electron chi connectivity index (χ0n) is 27.4. The van der Waals surface area contributed by atoms with Crippen LogP contribution in [0.25, 0.3) is 11.2 Å². The average Bonchev–Trinajstić information content (AvgIpc) is 3.45. The number of unbranched alkanes of at least 4 members (excludes halogenated alkanes) is 7. The van der Waals surface area contributed by atoms with E-state index in [1.165, 1.54) is 19.4 Å². The van der Waals surface area contributed by atoms with E-state index < -0.39 is 62.4 Å². The number of imidazole rings is 1. The standard InChI is InChI=1S/C31H43F5N5O5PSi/c1-22(18-41-20-40-28-30(37)38-19-39-31(28)41)45-21-47(42,43)46-16-13-15-44-14-11-9-7-5-4-6-8-10-12-17-48(2,3)29-26(35)24(33)23(32)25(34)27(29)36/h19-20,22H,4-11,13-16,18,21H2,1-3H3,(H,42,43)(H2,37,38,39)/t22-/m1/s1. The monoisotopic (exact) mass is 719 g/mol. The van der Waals surface area contributed by atoms with Crippen LogP contribution in [-0.2, 0) is 25.1 Å². The predicted octanol–water partition coefficient (Wildman–Crippen LogP) is 6.35. The molecule has 3 N–H and O–H groups in total. The van der Waals surface area contributed by atoms with Gasteiger partial charge in [0.05, 0.1) is 25.6 Å². The van der Waals surface area contributed by atoms with Crippen LogP contribution in [0.5, 0.6) is 0 Å². The van der Waals surface area contributed by atoms with Crippen LogP contribution in [0.15, 0.2) is 12.7 Å². The molecule has 266 valence electrons. The maximum Gasteiger partial charge on any atom is 0.353 e. The van der Waals surface area contributed by atoms with Crippen LogP contribution in [0.3, 0.4) is 0 Å². The Morgan fingerprint density at radius 2 is 1.50 bits per heavy atom. The lowest BCUT2D eigenvalue weighted by Crippen LogP contribution is -2.46. The molecule has 0 radical (unpaired) electrons. The summed E-state index contributed by atoms with van der Waals surface area (Å²) in [5.74, 6) is -6.48. The molecule has 0 bridgehead atoms. The van der Waals surface area contributed by atoms with Crippen LogP contribution in [0.1, 0.15) is 64.7 Å². The first kappa shape index (κ1) is 39.5. The van der Waals surface area contributed by atoms with Crippen molar-refractivity contribution < 1.29 is 45.4 Å². The molecule has 0 saturated heterocycles. The van der Waals surface area contributed by atoms with Gasteiger partial charge in [-0.15, -0.1) is 11.5 Å². The van der Waals surface area contributed by atoms with E-state index in [0.29, 0.717) is 43.8 Å². The van der Waals surface area contributed by atoms with Crippen LogP contribution < -0.4 is 10.9 Å². The van der Waals surface area contributed by atoms with Crippen molar-refractivity contribution in [1.82, 2.24) is 19.5 Å². The van der Waals surface area contributed by atoms with E-state index in [0.717, 1.165) is 44.9 Å². The van der Waals surface area contributed by atoms with Crippen LogP contribution in [-0.4, -0.2) is 64.8 Å². The molecule has 1 aromatic carbocycles. The Bertz CT molecular complexity index is 1590. The molecule has 48 heavy (non-hydrogen) atoms. The summed E-state index contributed by atoms with van der Waals surface area (Å²) in [6.07, 6.45) is 9.62. The Morgan fingerprint density at radius 3 is 2.19 bits per heavy atom. The molecular weight excluding hydrogens is 676 g/mol. The number of aromatic nitrogens is 4. The summed E-state index contributed by atoms with van der Waals surface area (Å²) in [6, 6.07) is 0. The summed E-state index contributed by atoms with van der Waals surface area (Å²) >= 11 is 0. The second-order valence-corrected chi connectivity index (χ2v) is 17.8. The van der Waals surface area contributed by atoms with Crippen molar-refractivity contribution >= 4 is 37.8 Å². The summed E-state index contributed by atoms with van der Waals surface area (Å²) in [5.41, 5.74) is 9.61. The van der Waals surface area contributed by atoms with Crippen molar-refractivity contribution in [1.29, 1.82) is 0 Å². The summed E-state index contributed by atoms with van der Waals surface area (Å²) in [6.45, 7) is 6.08. The number of nitrogens with two attached hydrogens (primary N) is 1. The number of halogens is 5. The third-order valence-corrected chi connectivity index (χ3v) is 11.0. The molecule has 0 aliphatic heterocycles. The molecule has 0 fully saturated rings. The van der Waals surface area contributed by atoms with Gasteiger partial charge >= 0.3 is 7.60 Å². The highest BCUT2D eigenvalue weighted by Crippen LogP contribution is 2.42. The number of nitrogen functional groups attached to an aromatic ring is 1. The summed E-state index contributed by atoms with van der Waals surface area (Å²) < 4.78 is 99.1. The van der Waals surface area contributed by atoms with E-state index in [2.05, 4.69) is 26.4 Å². The highest BCUT2D eigenvalue weighted by atomic mass is 31.2. The highest BCUT2D eigenvalue weighted by Gasteiger charge is 2.35. The second kappa shape index (κ2) is 18.7. The molecule has 0 amide bonds. The summed E-state index contributed by atoms with van der Waals surface area (Å²) in [7, 11) is -7.13. The Labute approximate surface area is 278 Å². The maximum absolute atomic E-state index is 14.2. The Morgan fingerprint density at radius 1 is 0.896 bits per heavy atom. The van der Waals surface area contributed by atoms with Gasteiger partial charge < -0.3 is 29.2 Å². The van der Waals surface area contributed by atoms with Gasteiger partial charge in [-0.05, 0) is 26.2 Å². The lowest BCUT2D eigenvalue weighted by Gasteiger charge is -2.18. The lowest BCUT2D eigenvalue weighted by molar-refractivity contribution is 0.0688. The third kappa shape index (κ3) is 11.6. The molecule has 0 aliphatic rings. The van der Waals surface area contributed by atoms with Crippen molar-refractivity contribution in [3.05, 3.63) is 41.7 Å². The third-order valence-electron chi connectivity index (χ3n) is 7.46. The lowest BCUT2D eigenvalue weighted by atomic mass is 10.1. The van der Waals surface area contributed by atoms with E-state index in [9.17, 15) is 31.4 Å². The van der Waals surface area contributed by atoms with Gasteiger partial charge in [0.15, 0.2) is 42.8 Å². The van der Waals surface area contributed by atoms with Gasteiger partial charge in [0.2, 0.25) is 5.82 Å². The normalized spacial score (nSPS) is 13.8. The summed E-state index contributed by atoms with van der Waals surface area (Å²) in [4.78, 5) is 22.3. The molecule has 2 heterocycles. The zero-order valence-corrected chi connectivity index (χ0v) is 29.3. The molecule has 0 aliphatic carbocycles. The Hall–Kier alpha value is -2.93. The number of nitrogens with zero attached hydrogens (tertiary/aromatic N) is 4. The number of anilines is 1. The number of rotatable bonds is 20. The van der Waals surface area contributed by atoms with Gasteiger partial charge in [-0.2, -0.15) is 0 Å². The molecule has 0 saturated carbocycles. The van der Waals surface area contributed by atoms with Crippen molar-refractivity contribution in [2.75, 3.05) is 31.9 Å². The van der Waals surface area contributed by atoms with Crippen molar-refractivity contribution in [2.24, 2.45) is 0 Å². The van der Waals surface area contributed by atoms with Crippen molar-refractivity contribution in [2.45, 2.75) is 90.5 Å². The first-order valence-corrected chi connectivity index (χ1v) is 20.6. The number of benzene rings is 1. The molecule has 3 rings (SSSR count). The fraction of sp³-hybridized carbons (Fsp3) is 0.581. The van der Waals surface area contributed by atoms with E-state index in [4.69, 9.17) is 19.7 Å². The molecule has 17 heteroatoms. The largest absolute Gasteiger partial charge is 0.382 e. The van der Waals surface area contributed by atoms with Crippen LogP contribution >= 0.6 is 7.60 Å². The van der Waals surface area contributed by atoms with Crippen molar-refractivity contribution in [3.8, 4) is 11.5 Å². The topological polar surface area (TPSA) is 135 Å². The van der Waals surface area contributed by atoms with E-state index in [-0.39, 0.29) is 12.4 Å². The first-order chi connectivity index (χ1) is 22.7. The zero-order chi connectivity index (χ0) is 35.3. The molecule has 0 spiro atoms. The van der Waals surface area contributed by atoms with Crippen molar-refractivity contribution in [3.63, 3.8) is 0 Å². The minimum atomic E-state index is -3.93. The minimum Gasteiger partial charge on any atom is -0.382 e. The van der Waals surface area contributed by atoms with Gasteiger partial charge in [-0.1, -0.05) is 45.2 Å². The van der Waals surface area contributed by atoms with E-state index >= 15 is 0 Å². The number of hydrogen-bond donors (Lipinski definition) is 2. The van der Waals surface area contributed by atoms with Crippen LogP contribution in [0.2, 0.25) is 13.1 Å². The van der Waals surface area contributed by atoms with Gasteiger partial charge in [-0.3, -0.25) is 4.57 Å². The highest BCUT2D eigenvalue weighted by molar-refractivity contribution is 7.52. The predicted molar refractivity (Wildman–Crippen MR) is 174 cm³/mol. The fourth-order valence-corrected chi connectivity index (χ4v) is 7.83.